The number of likely N-dealkylation sites (tertiary alicyclic amines) is 1. The number of amides is 1. The molecule has 0 aliphatic carbocycles. The van der Waals surface area contributed by atoms with Crippen molar-refractivity contribution in [2.24, 2.45) is 5.41 Å². The summed E-state index contributed by atoms with van der Waals surface area (Å²) in [7, 11) is 1.85. The molecule has 3 fully saturated rings. The molecule has 7 rings (SSSR count). The Morgan fingerprint density at radius 2 is 1.89 bits per heavy atom. The first-order valence-electron chi connectivity index (χ1n) is 14.6. The zero-order chi connectivity index (χ0) is 30.8. The normalized spacial score (nSPS) is 18.6. The van der Waals surface area contributed by atoms with Gasteiger partial charge in [-0.3, -0.25) is 4.79 Å². The molecule has 3 aliphatic heterocycles. The minimum atomic E-state index is -1.35. The molecule has 3 aliphatic rings. The Morgan fingerprint density at radius 1 is 1.18 bits per heavy atom. The van der Waals surface area contributed by atoms with Crippen molar-refractivity contribution >= 4 is 39.3 Å². The van der Waals surface area contributed by atoms with Crippen LogP contribution in [0.1, 0.15) is 30.3 Å². The molecule has 3 saturated heterocycles. The molecular weight excluding hydrogens is 588 g/mol. The van der Waals surface area contributed by atoms with E-state index in [1.807, 2.05) is 23.8 Å². The quantitative estimate of drug-likeness (QED) is 0.343. The summed E-state index contributed by atoms with van der Waals surface area (Å²) in [5.74, 6) is -0.998. The van der Waals surface area contributed by atoms with Crippen molar-refractivity contribution in [3.8, 4) is 17.3 Å². The number of benzene rings is 1. The summed E-state index contributed by atoms with van der Waals surface area (Å²) in [4.78, 5) is 23.7. The zero-order valence-electron chi connectivity index (χ0n) is 24.4. The van der Waals surface area contributed by atoms with Gasteiger partial charge in [-0.05, 0) is 36.8 Å². The lowest BCUT2D eigenvalue weighted by molar-refractivity contribution is -0.174. The van der Waals surface area contributed by atoms with E-state index < -0.39 is 11.4 Å². The van der Waals surface area contributed by atoms with Gasteiger partial charge in [0.25, 0.3) is 5.91 Å². The number of rotatable bonds is 6. The third kappa shape index (κ3) is 4.60. The molecule has 13 heteroatoms. The van der Waals surface area contributed by atoms with Crippen molar-refractivity contribution in [3.63, 3.8) is 0 Å². The van der Waals surface area contributed by atoms with Crippen molar-refractivity contribution in [1.29, 1.82) is 5.26 Å². The molecule has 1 N–H and O–H groups in total. The Hall–Kier alpha value is -4.12. The van der Waals surface area contributed by atoms with E-state index >= 15 is 4.39 Å². The number of hydrogen-bond donors (Lipinski definition) is 1. The highest BCUT2D eigenvalue weighted by Crippen LogP contribution is 2.45. The van der Waals surface area contributed by atoms with Gasteiger partial charge in [0, 0.05) is 70.3 Å². The van der Waals surface area contributed by atoms with Gasteiger partial charge in [-0.25, -0.2) is 18.3 Å². The predicted molar refractivity (Wildman–Crippen MR) is 161 cm³/mol. The number of pyridine rings is 1. The number of nitriles is 1. The van der Waals surface area contributed by atoms with E-state index in [0.717, 1.165) is 11.4 Å². The van der Waals surface area contributed by atoms with Gasteiger partial charge in [-0.1, -0.05) is 18.3 Å². The summed E-state index contributed by atoms with van der Waals surface area (Å²) < 4.78 is 35.8. The van der Waals surface area contributed by atoms with Gasteiger partial charge in [-0.2, -0.15) is 10.4 Å². The van der Waals surface area contributed by atoms with Crippen molar-refractivity contribution < 1.29 is 23.4 Å². The second-order valence-electron chi connectivity index (χ2n) is 12.0. The summed E-state index contributed by atoms with van der Waals surface area (Å²) >= 11 is 1.23. The van der Waals surface area contributed by atoms with Crippen LogP contribution in [-0.4, -0.2) is 82.6 Å². The van der Waals surface area contributed by atoms with E-state index in [1.54, 1.807) is 23.1 Å². The van der Waals surface area contributed by atoms with Gasteiger partial charge in [0.05, 0.1) is 28.8 Å². The van der Waals surface area contributed by atoms with E-state index in [0.29, 0.717) is 91.1 Å². The molecule has 4 aromatic rings. The van der Waals surface area contributed by atoms with E-state index in [2.05, 4.69) is 11.2 Å². The Balaban J connectivity index is 1.14. The number of carbonyl (C=O) groups excluding carboxylic acids is 1. The molecule has 0 atom stereocenters. The smallest absolute Gasteiger partial charge is 0.254 e. The molecule has 1 spiro atoms. The molecule has 0 bridgehead atoms. The molecule has 228 valence electrons. The maximum Gasteiger partial charge on any atom is 0.254 e. The highest BCUT2D eigenvalue weighted by Gasteiger charge is 2.56. The Kier molecular flexibility index (Phi) is 6.84. The molecular formula is C31H31F2N7O3S. The van der Waals surface area contributed by atoms with Gasteiger partial charge >= 0.3 is 0 Å². The summed E-state index contributed by atoms with van der Waals surface area (Å²) in [5, 5.41) is 25.8. The third-order valence-electron chi connectivity index (χ3n) is 8.99. The van der Waals surface area contributed by atoms with E-state index in [9.17, 15) is 19.6 Å². The predicted octanol–water partition coefficient (Wildman–Crippen LogP) is 4.13. The fourth-order valence-corrected chi connectivity index (χ4v) is 7.48. The Morgan fingerprint density at radius 3 is 2.55 bits per heavy atom. The highest BCUT2D eigenvalue weighted by molar-refractivity contribution is 7.16. The fourth-order valence-electron chi connectivity index (χ4n) is 6.62. The first-order valence-corrected chi connectivity index (χ1v) is 15.4. The molecule has 0 unspecified atom stereocenters. The zero-order valence-corrected chi connectivity index (χ0v) is 25.2. The lowest BCUT2D eigenvalue weighted by Gasteiger charge is -2.61. The largest absolute Gasteiger partial charge is 0.381 e. The molecule has 1 amide bonds. The number of fused-ring (bicyclic) bond motifs is 1. The van der Waals surface area contributed by atoms with Crippen LogP contribution in [0.15, 0.2) is 36.5 Å². The number of ether oxygens (including phenoxy) is 1. The standard InChI is InChI=1S/C31H31F2N7O3S/c1-3-22-27(37(2)29-35-26(25(13-34)44-29)19-4-6-20(32)7-5-19)24-12-23(21(33)14-40(24)36-22)38-15-30(16-38)17-39(18-30)28(41)31(42)8-10-43-11-9-31/h4-7,12,14,42H,3,8-11,15-18H2,1-2H3. The van der Waals surface area contributed by atoms with Gasteiger partial charge < -0.3 is 24.5 Å². The Bertz CT molecular complexity index is 1800. The summed E-state index contributed by atoms with van der Waals surface area (Å²) in [6, 6.07) is 9.87. The van der Waals surface area contributed by atoms with Crippen molar-refractivity contribution in [2.45, 2.75) is 31.8 Å². The first kappa shape index (κ1) is 28.6. The van der Waals surface area contributed by atoms with Crippen molar-refractivity contribution in [2.75, 3.05) is 56.2 Å². The number of nitrogens with zero attached hydrogens (tertiary/aromatic N) is 7. The topological polar surface area (TPSA) is 110 Å². The van der Waals surface area contributed by atoms with Gasteiger partial charge in [0.1, 0.15) is 28.1 Å². The van der Waals surface area contributed by atoms with Crippen LogP contribution in [0.25, 0.3) is 16.8 Å². The average Bonchev–Trinajstić information content (AvgIpc) is 3.57. The van der Waals surface area contributed by atoms with E-state index in [4.69, 9.17) is 9.72 Å². The molecule has 0 saturated carbocycles. The molecule has 3 aromatic heterocycles. The van der Waals surface area contributed by atoms with Crippen LogP contribution in [0.2, 0.25) is 0 Å². The van der Waals surface area contributed by atoms with Crippen LogP contribution in [0, 0.1) is 28.4 Å². The highest BCUT2D eigenvalue weighted by atomic mass is 32.1. The average molecular weight is 620 g/mol. The van der Waals surface area contributed by atoms with Crippen LogP contribution >= 0.6 is 11.3 Å². The van der Waals surface area contributed by atoms with E-state index in [1.165, 1.54) is 34.2 Å². The lowest BCUT2D eigenvalue weighted by Crippen LogP contribution is -2.75. The number of thiazole rings is 1. The van der Waals surface area contributed by atoms with Crippen molar-refractivity contribution in [3.05, 3.63) is 58.7 Å². The minimum absolute atomic E-state index is 0.116. The van der Waals surface area contributed by atoms with Crippen LogP contribution in [0.3, 0.4) is 0 Å². The number of aromatic nitrogens is 3. The minimum Gasteiger partial charge on any atom is -0.381 e. The fraction of sp³-hybridized carbons (Fsp3) is 0.419. The van der Waals surface area contributed by atoms with Crippen LogP contribution < -0.4 is 9.80 Å². The first-order chi connectivity index (χ1) is 21.1. The third-order valence-corrected chi connectivity index (χ3v) is 10.0. The summed E-state index contributed by atoms with van der Waals surface area (Å²) in [5.41, 5.74) is 2.32. The number of aryl methyl sites for hydroxylation is 1. The molecule has 0 radical (unpaired) electrons. The van der Waals surface area contributed by atoms with Crippen LogP contribution in [0.4, 0.5) is 25.3 Å². The van der Waals surface area contributed by atoms with E-state index in [-0.39, 0.29) is 17.1 Å². The maximum atomic E-state index is 15.5. The second-order valence-corrected chi connectivity index (χ2v) is 13.0. The van der Waals surface area contributed by atoms with Crippen LogP contribution in [-0.2, 0) is 16.0 Å². The number of anilines is 3. The van der Waals surface area contributed by atoms with Gasteiger partial charge in [0.2, 0.25) is 0 Å². The van der Waals surface area contributed by atoms with Gasteiger partial charge in [-0.15, -0.1) is 0 Å². The molecule has 6 heterocycles. The second kappa shape index (κ2) is 10.5. The number of aliphatic hydroxyl groups is 1. The number of hydrogen-bond acceptors (Lipinski definition) is 9. The Labute approximate surface area is 256 Å². The molecule has 1 aromatic carbocycles. The van der Waals surface area contributed by atoms with Crippen molar-refractivity contribution in [1.82, 2.24) is 19.5 Å². The monoisotopic (exact) mass is 619 g/mol. The summed E-state index contributed by atoms with van der Waals surface area (Å²) in [6.07, 6.45) is 2.59. The van der Waals surface area contributed by atoms with Gasteiger partial charge in [0.15, 0.2) is 10.9 Å². The SMILES string of the molecule is CCc1nn2cc(F)c(N3CC4(CN(C(=O)C5(O)CCOCC5)C4)C3)cc2c1N(C)c1nc(-c2ccc(F)cc2)c(C#N)s1. The lowest BCUT2D eigenvalue weighted by atomic mass is 9.71. The molecule has 10 nitrogen and oxygen atoms in total. The maximum absolute atomic E-state index is 15.5. The van der Waals surface area contributed by atoms with Crippen LogP contribution in [0.5, 0.6) is 0 Å². The number of halogens is 2. The number of carbonyl (C=O) groups is 1. The summed E-state index contributed by atoms with van der Waals surface area (Å²) in [6.45, 7) is 5.01. The molecule has 44 heavy (non-hydrogen) atoms.